The van der Waals surface area contributed by atoms with Crippen LogP contribution in [0.2, 0.25) is 10.0 Å². The van der Waals surface area contributed by atoms with E-state index in [0.29, 0.717) is 44.5 Å². The molecule has 1 spiro atoms. The number of hydrogen-bond donors (Lipinski definition) is 2. The molecule has 0 unspecified atom stereocenters. The minimum Gasteiger partial charge on any atom is -0.345 e. The third kappa shape index (κ3) is 6.93. The summed E-state index contributed by atoms with van der Waals surface area (Å²) in [7, 11) is 0. The molecule has 1 fully saturated rings. The van der Waals surface area contributed by atoms with Crippen LogP contribution >= 0.6 is 23.2 Å². The summed E-state index contributed by atoms with van der Waals surface area (Å²) in [6.07, 6.45) is 7.55. The molecule has 2 amide bonds. The number of halogens is 2. The highest BCUT2D eigenvalue weighted by Gasteiger charge is 2.52. The van der Waals surface area contributed by atoms with Gasteiger partial charge in [0.1, 0.15) is 11.4 Å². The zero-order valence-electron chi connectivity index (χ0n) is 24.9. The van der Waals surface area contributed by atoms with E-state index < -0.39 is 5.66 Å². The predicted molar refractivity (Wildman–Crippen MR) is 168 cm³/mol. The zero-order chi connectivity index (χ0) is 30.6. The fraction of sp³-hybridized carbons (Fsp3) is 0.500. The highest BCUT2D eigenvalue weighted by atomic mass is 35.5. The standard InChI is InChI=1S/C32H39Cl2N7O2/c1-4-5-6-7-27(22-8-10-23(11-9-22)30(42)35-19-28-37-39-40-38-28)41-31(43)29(24-16-25(33)18-26(34)17-24)36-32(41)14-12-21(13-15-32)20(2)3/h8-11,16-18,20-21,27H,4-7,12-15,19H2,1-3H3,(H,35,42)(H,37,38,39,40)/t21?,27-,32?/m1/s1. The number of carbonyl (C=O) groups is 2. The molecule has 1 aliphatic heterocycles. The van der Waals surface area contributed by atoms with Crippen LogP contribution in [0.4, 0.5) is 0 Å². The Labute approximate surface area is 262 Å². The van der Waals surface area contributed by atoms with Gasteiger partial charge in [-0.1, -0.05) is 80.6 Å². The van der Waals surface area contributed by atoms with Gasteiger partial charge in [0.15, 0.2) is 5.82 Å². The number of unbranched alkanes of at least 4 members (excludes halogenated alkanes) is 2. The van der Waals surface area contributed by atoms with E-state index in [1.54, 1.807) is 18.2 Å². The molecule has 2 aromatic carbocycles. The molecular formula is C32H39Cl2N7O2. The van der Waals surface area contributed by atoms with E-state index in [4.69, 9.17) is 28.2 Å². The average molecular weight is 625 g/mol. The van der Waals surface area contributed by atoms with Gasteiger partial charge in [-0.25, -0.2) is 0 Å². The molecule has 2 N–H and O–H groups in total. The maximum atomic E-state index is 14.5. The van der Waals surface area contributed by atoms with Gasteiger partial charge in [0.25, 0.3) is 11.8 Å². The van der Waals surface area contributed by atoms with Crippen molar-refractivity contribution in [3.8, 4) is 0 Å². The van der Waals surface area contributed by atoms with Crippen LogP contribution < -0.4 is 5.32 Å². The molecule has 1 saturated carbocycles. The molecule has 1 aromatic heterocycles. The number of rotatable bonds is 11. The summed E-state index contributed by atoms with van der Waals surface area (Å²) in [5, 5.41) is 17.4. The van der Waals surface area contributed by atoms with E-state index in [0.717, 1.165) is 56.9 Å². The van der Waals surface area contributed by atoms with E-state index in [1.165, 1.54) is 0 Å². The van der Waals surface area contributed by atoms with Crippen LogP contribution in [0.1, 0.15) is 105 Å². The molecule has 0 radical (unpaired) electrons. The number of hydrogen-bond acceptors (Lipinski definition) is 6. The second-order valence-electron chi connectivity index (χ2n) is 12.0. The summed E-state index contributed by atoms with van der Waals surface area (Å²) in [6, 6.07) is 12.6. The third-order valence-electron chi connectivity index (χ3n) is 8.85. The minimum absolute atomic E-state index is 0.0928. The fourth-order valence-corrected chi connectivity index (χ4v) is 6.98. The number of nitrogens with zero attached hydrogens (tertiary/aromatic N) is 5. The third-order valence-corrected chi connectivity index (χ3v) is 9.28. The lowest BCUT2D eigenvalue weighted by Crippen LogP contribution is -2.51. The normalized spacial score (nSPS) is 21.0. The van der Waals surface area contributed by atoms with Crippen LogP contribution in [-0.4, -0.2) is 48.7 Å². The monoisotopic (exact) mass is 623 g/mol. The predicted octanol–water partition coefficient (Wildman–Crippen LogP) is 6.93. The Morgan fingerprint density at radius 1 is 1.09 bits per heavy atom. The van der Waals surface area contributed by atoms with Gasteiger partial charge in [-0.3, -0.25) is 14.6 Å². The Bertz CT molecular complexity index is 1430. The first kappa shape index (κ1) is 31.1. The van der Waals surface area contributed by atoms with Gasteiger partial charge in [0.05, 0.1) is 12.6 Å². The molecule has 2 aliphatic rings. The van der Waals surface area contributed by atoms with Gasteiger partial charge >= 0.3 is 0 Å². The van der Waals surface area contributed by atoms with Crippen molar-refractivity contribution >= 4 is 40.7 Å². The first-order valence-electron chi connectivity index (χ1n) is 15.2. The zero-order valence-corrected chi connectivity index (χ0v) is 26.5. The van der Waals surface area contributed by atoms with E-state index in [1.807, 2.05) is 24.3 Å². The van der Waals surface area contributed by atoms with Gasteiger partial charge in [0, 0.05) is 21.2 Å². The maximum absolute atomic E-state index is 14.5. The molecular weight excluding hydrogens is 585 g/mol. The largest absolute Gasteiger partial charge is 0.345 e. The van der Waals surface area contributed by atoms with Crippen molar-refractivity contribution in [3.05, 3.63) is 75.0 Å². The molecule has 1 atom stereocenters. The Morgan fingerprint density at radius 3 is 2.40 bits per heavy atom. The second kappa shape index (κ2) is 13.6. The Hall–Kier alpha value is -3.30. The Balaban J connectivity index is 1.48. The van der Waals surface area contributed by atoms with Crippen LogP contribution in [0.5, 0.6) is 0 Å². The molecule has 9 nitrogen and oxygen atoms in total. The van der Waals surface area contributed by atoms with Crippen molar-refractivity contribution in [2.45, 2.75) is 90.4 Å². The van der Waals surface area contributed by atoms with Crippen molar-refractivity contribution in [3.63, 3.8) is 0 Å². The van der Waals surface area contributed by atoms with Crippen molar-refractivity contribution in [2.75, 3.05) is 0 Å². The molecule has 228 valence electrons. The van der Waals surface area contributed by atoms with Crippen molar-refractivity contribution in [2.24, 2.45) is 16.8 Å². The Morgan fingerprint density at radius 2 is 1.79 bits per heavy atom. The van der Waals surface area contributed by atoms with Crippen molar-refractivity contribution in [1.29, 1.82) is 0 Å². The molecule has 0 bridgehead atoms. The van der Waals surface area contributed by atoms with Gasteiger partial charge in [-0.05, 0) is 79.8 Å². The molecule has 5 rings (SSSR count). The average Bonchev–Trinajstić information content (AvgIpc) is 3.61. The lowest BCUT2D eigenvalue weighted by molar-refractivity contribution is -0.133. The van der Waals surface area contributed by atoms with E-state index in [2.05, 4.69) is 51.6 Å². The van der Waals surface area contributed by atoms with Gasteiger partial charge in [-0.2, -0.15) is 5.21 Å². The number of benzene rings is 2. The van der Waals surface area contributed by atoms with Gasteiger partial charge in [0.2, 0.25) is 0 Å². The first-order valence-corrected chi connectivity index (χ1v) is 16.0. The number of aromatic nitrogens is 4. The highest BCUT2D eigenvalue weighted by molar-refractivity contribution is 6.47. The molecule has 3 aromatic rings. The first-order chi connectivity index (χ1) is 20.7. The number of carbonyl (C=O) groups excluding carboxylic acids is 2. The Kier molecular flexibility index (Phi) is 9.82. The molecule has 1 aliphatic carbocycles. The summed E-state index contributed by atoms with van der Waals surface area (Å²) in [4.78, 5) is 34.6. The van der Waals surface area contributed by atoms with E-state index >= 15 is 0 Å². The van der Waals surface area contributed by atoms with E-state index in [-0.39, 0.29) is 24.4 Å². The van der Waals surface area contributed by atoms with Gasteiger partial charge in [-0.15, -0.1) is 10.2 Å². The molecule has 2 heterocycles. The summed E-state index contributed by atoms with van der Waals surface area (Å²) in [5.41, 5.74) is 1.95. The summed E-state index contributed by atoms with van der Waals surface area (Å²) in [6.45, 7) is 6.90. The smallest absolute Gasteiger partial charge is 0.275 e. The number of aromatic amines is 1. The quantitative estimate of drug-likeness (QED) is 0.225. The fourth-order valence-electron chi connectivity index (χ4n) is 6.45. The summed E-state index contributed by atoms with van der Waals surface area (Å²) < 4.78 is 0. The SMILES string of the molecule is CCCCC[C@H](c1ccc(C(=O)NCc2nn[nH]n2)cc1)N1C(=O)C(c2cc(Cl)cc(Cl)c2)=NC12CCC(C(C)C)CC2. The molecule has 43 heavy (non-hydrogen) atoms. The van der Waals surface area contributed by atoms with Crippen molar-refractivity contribution < 1.29 is 9.59 Å². The van der Waals surface area contributed by atoms with Crippen LogP contribution in [0.15, 0.2) is 47.5 Å². The highest BCUT2D eigenvalue weighted by Crippen LogP contribution is 2.48. The van der Waals surface area contributed by atoms with Crippen LogP contribution in [-0.2, 0) is 11.3 Å². The molecule has 11 heteroatoms. The number of nitrogens with one attached hydrogen (secondary N) is 2. The molecule has 0 saturated heterocycles. The van der Waals surface area contributed by atoms with Crippen LogP contribution in [0.3, 0.4) is 0 Å². The second-order valence-corrected chi connectivity index (χ2v) is 12.9. The number of aliphatic imine (C=N–C) groups is 1. The van der Waals surface area contributed by atoms with Crippen LogP contribution in [0, 0.1) is 11.8 Å². The van der Waals surface area contributed by atoms with Gasteiger partial charge < -0.3 is 10.2 Å². The minimum atomic E-state index is -0.635. The number of H-pyrrole nitrogens is 1. The lowest BCUT2D eigenvalue weighted by atomic mass is 9.76. The number of tetrazole rings is 1. The summed E-state index contributed by atoms with van der Waals surface area (Å²) in [5.74, 6) is 1.26. The number of amides is 2. The van der Waals surface area contributed by atoms with Crippen molar-refractivity contribution in [1.82, 2.24) is 30.8 Å². The topological polar surface area (TPSA) is 116 Å². The van der Waals surface area contributed by atoms with Crippen LogP contribution in [0.25, 0.3) is 0 Å². The van der Waals surface area contributed by atoms with E-state index in [9.17, 15) is 9.59 Å². The maximum Gasteiger partial charge on any atom is 0.275 e. The lowest BCUT2D eigenvalue weighted by Gasteiger charge is -2.46. The summed E-state index contributed by atoms with van der Waals surface area (Å²) >= 11 is 12.7.